The van der Waals surface area contributed by atoms with E-state index in [4.69, 9.17) is 0 Å². The van der Waals surface area contributed by atoms with Crippen LogP contribution in [-0.2, 0) is 0 Å². The quantitative estimate of drug-likeness (QED) is 0.804. The molecule has 2 aromatic rings. The molecule has 0 bridgehead atoms. The summed E-state index contributed by atoms with van der Waals surface area (Å²) in [6.07, 6.45) is 3.04. The Morgan fingerprint density at radius 3 is 2.57 bits per heavy atom. The third-order valence-corrected chi connectivity index (χ3v) is 4.87. The van der Waals surface area contributed by atoms with Gasteiger partial charge in [0, 0.05) is 24.5 Å². The number of fused-ring (bicyclic) bond motifs is 1. The highest BCUT2D eigenvalue weighted by Gasteiger charge is 2.33. The highest BCUT2D eigenvalue weighted by Crippen LogP contribution is 2.42. The van der Waals surface area contributed by atoms with Crippen LogP contribution in [0.2, 0.25) is 0 Å². The van der Waals surface area contributed by atoms with Gasteiger partial charge in [0.05, 0.1) is 5.69 Å². The molecule has 0 radical (unpaired) electrons. The highest BCUT2D eigenvalue weighted by atomic mass is 16.3. The van der Waals surface area contributed by atoms with E-state index < -0.39 is 0 Å². The first-order chi connectivity index (χ1) is 10.9. The number of phenols is 1. The monoisotopic (exact) mass is 308 g/mol. The van der Waals surface area contributed by atoms with E-state index in [1.807, 2.05) is 18.3 Å². The molecule has 0 spiro atoms. The van der Waals surface area contributed by atoms with Crippen molar-refractivity contribution in [2.24, 2.45) is 4.99 Å². The maximum atomic E-state index is 9.31. The molecule has 3 rings (SSSR count). The molecule has 1 aliphatic heterocycles. The largest absolute Gasteiger partial charge is 0.508 e. The molecular weight excluding hydrogens is 284 g/mol. The summed E-state index contributed by atoms with van der Waals surface area (Å²) in [4.78, 5) is 6.87. The van der Waals surface area contributed by atoms with Crippen molar-refractivity contribution in [3.63, 3.8) is 0 Å². The second kappa shape index (κ2) is 5.73. The van der Waals surface area contributed by atoms with Gasteiger partial charge < -0.3 is 10.0 Å². The Bertz CT molecular complexity index is 732. The summed E-state index contributed by atoms with van der Waals surface area (Å²) < 4.78 is 0. The number of anilines is 1. The van der Waals surface area contributed by atoms with E-state index in [2.05, 4.69) is 55.9 Å². The molecule has 0 saturated heterocycles. The summed E-state index contributed by atoms with van der Waals surface area (Å²) in [7, 11) is 2.18. The van der Waals surface area contributed by atoms with Crippen LogP contribution in [0.4, 0.5) is 11.4 Å². The zero-order chi connectivity index (χ0) is 16.6. The fraction of sp³-hybridized carbons (Fsp3) is 0.350. The smallest absolute Gasteiger partial charge is 0.115 e. The lowest BCUT2D eigenvalue weighted by Crippen LogP contribution is -2.45. The third-order valence-electron chi connectivity index (χ3n) is 4.87. The third kappa shape index (κ3) is 3.09. The van der Waals surface area contributed by atoms with Crippen molar-refractivity contribution in [1.29, 1.82) is 0 Å². The zero-order valence-corrected chi connectivity index (χ0v) is 14.2. The van der Waals surface area contributed by atoms with Gasteiger partial charge in [-0.1, -0.05) is 13.0 Å². The van der Waals surface area contributed by atoms with Gasteiger partial charge in [-0.15, -0.1) is 0 Å². The van der Waals surface area contributed by atoms with Crippen LogP contribution in [0.25, 0.3) is 0 Å². The minimum Gasteiger partial charge on any atom is -0.508 e. The van der Waals surface area contributed by atoms with E-state index in [9.17, 15) is 5.11 Å². The summed E-state index contributed by atoms with van der Waals surface area (Å²) in [6, 6.07) is 13.5. The van der Waals surface area contributed by atoms with Gasteiger partial charge >= 0.3 is 0 Å². The standard InChI is InChI=1S/C20H24N2O/c1-14-12-20(2,3)22(4)19-10-5-15(11-18(14)19)13-21-16-6-8-17(23)9-7-16/h5-11,13-14,23H,12H2,1-4H3. The van der Waals surface area contributed by atoms with Crippen LogP contribution < -0.4 is 4.90 Å². The lowest BCUT2D eigenvalue weighted by atomic mass is 9.80. The van der Waals surface area contributed by atoms with Crippen molar-refractivity contribution < 1.29 is 5.11 Å². The van der Waals surface area contributed by atoms with Gasteiger partial charge in [-0.2, -0.15) is 0 Å². The number of nitrogens with zero attached hydrogens (tertiary/aromatic N) is 2. The molecule has 3 heteroatoms. The lowest BCUT2D eigenvalue weighted by molar-refractivity contribution is 0.395. The van der Waals surface area contributed by atoms with Crippen molar-refractivity contribution in [3.05, 3.63) is 53.6 Å². The van der Waals surface area contributed by atoms with Crippen molar-refractivity contribution in [3.8, 4) is 5.75 Å². The minimum atomic E-state index is 0.189. The predicted molar refractivity (Wildman–Crippen MR) is 97.3 cm³/mol. The van der Waals surface area contributed by atoms with E-state index in [0.29, 0.717) is 5.92 Å². The fourth-order valence-corrected chi connectivity index (χ4v) is 3.36. The molecule has 1 aliphatic rings. The Morgan fingerprint density at radius 1 is 1.17 bits per heavy atom. The Hall–Kier alpha value is -2.29. The van der Waals surface area contributed by atoms with E-state index >= 15 is 0 Å². The Labute approximate surface area is 138 Å². The van der Waals surface area contributed by atoms with Gasteiger partial charge in [0.15, 0.2) is 0 Å². The zero-order valence-electron chi connectivity index (χ0n) is 14.2. The van der Waals surface area contributed by atoms with Crippen LogP contribution in [0.15, 0.2) is 47.5 Å². The van der Waals surface area contributed by atoms with Crippen LogP contribution in [-0.4, -0.2) is 23.9 Å². The minimum absolute atomic E-state index is 0.189. The number of aromatic hydroxyl groups is 1. The SMILES string of the molecule is CC1CC(C)(C)N(C)c2ccc(C=Nc3ccc(O)cc3)cc21. The average molecular weight is 308 g/mol. The Kier molecular flexibility index (Phi) is 3.88. The van der Waals surface area contributed by atoms with Gasteiger partial charge in [0.2, 0.25) is 0 Å². The first kappa shape index (κ1) is 15.6. The van der Waals surface area contributed by atoms with Crippen LogP contribution in [0.3, 0.4) is 0 Å². The van der Waals surface area contributed by atoms with Crippen molar-refractivity contribution in [1.82, 2.24) is 0 Å². The topological polar surface area (TPSA) is 35.8 Å². The number of aliphatic imine (C=N–C) groups is 1. The van der Waals surface area contributed by atoms with Crippen molar-refractivity contribution >= 4 is 17.6 Å². The Morgan fingerprint density at radius 2 is 1.87 bits per heavy atom. The van der Waals surface area contributed by atoms with Crippen molar-refractivity contribution in [2.45, 2.75) is 38.6 Å². The van der Waals surface area contributed by atoms with Gasteiger partial charge in [0.25, 0.3) is 0 Å². The van der Waals surface area contributed by atoms with Crippen LogP contribution in [0, 0.1) is 0 Å². The molecule has 120 valence electrons. The summed E-state index contributed by atoms with van der Waals surface area (Å²) in [5.74, 6) is 0.801. The summed E-state index contributed by atoms with van der Waals surface area (Å²) in [5, 5.41) is 9.31. The lowest BCUT2D eigenvalue weighted by Gasteiger charge is -2.45. The first-order valence-corrected chi connectivity index (χ1v) is 8.08. The molecule has 1 N–H and O–H groups in total. The molecule has 1 atom stereocenters. The Balaban J connectivity index is 1.89. The summed E-state index contributed by atoms with van der Waals surface area (Å²) in [6.45, 7) is 6.90. The second-order valence-electron chi connectivity index (χ2n) is 7.07. The number of phenolic OH excluding ortho intramolecular Hbond substituents is 1. The fourth-order valence-electron chi connectivity index (χ4n) is 3.36. The maximum absolute atomic E-state index is 9.31. The first-order valence-electron chi connectivity index (χ1n) is 8.08. The number of benzene rings is 2. The molecule has 0 aliphatic carbocycles. The van der Waals surface area contributed by atoms with Gasteiger partial charge in [0.1, 0.15) is 5.75 Å². The molecule has 1 heterocycles. The van der Waals surface area contributed by atoms with Gasteiger partial charge in [-0.3, -0.25) is 4.99 Å². The van der Waals surface area contributed by atoms with Crippen LogP contribution in [0.1, 0.15) is 44.2 Å². The molecular formula is C20H24N2O. The maximum Gasteiger partial charge on any atom is 0.115 e. The number of hydrogen-bond donors (Lipinski definition) is 1. The number of hydrogen-bond acceptors (Lipinski definition) is 3. The van der Waals surface area contributed by atoms with E-state index in [-0.39, 0.29) is 11.3 Å². The van der Waals surface area contributed by atoms with Gasteiger partial charge in [-0.25, -0.2) is 0 Å². The average Bonchev–Trinajstić information content (AvgIpc) is 2.52. The van der Waals surface area contributed by atoms with E-state index in [0.717, 1.165) is 17.7 Å². The van der Waals surface area contributed by atoms with Crippen molar-refractivity contribution in [2.75, 3.05) is 11.9 Å². The van der Waals surface area contributed by atoms with E-state index in [1.54, 1.807) is 12.1 Å². The second-order valence-corrected chi connectivity index (χ2v) is 7.07. The molecule has 23 heavy (non-hydrogen) atoms. The van der Waals surface area contributed by atoms with Crippen LogP contribution in [0.5, 0.6) is 5.75 Å². The highest BCUT2D eigenvalue weighted by molar-refractivity contribution is 5.83. The van der Waals surface area contributed by atoms with Crippen LogP contribution >= 0.6 is 0 Å². The summed E-state index contributed by atoms with van der Waals surface area (Å²) in [5.41, 5.74) is 4.84. The molecule has 0 aromatic heterocycles. The normalized spacial score (nSPS) is 19.8. The molecule has 1 unspecified atom stereocenters. The van der Waals surface area contributed by atoms with E-state index in [1.165, 1.54) is 11.3 Å². The number of rotatable bonds is 2. The molecule has 3 nitrogen and oxygen atoms in total. The predicted octanol–water partition coefficient (Wildman–Crippen LogP) is 4.86. The molecule has 0 saturated carbocycles. The summed E-state index contributed by atoms with van der Waals surface area (Å²) >= 11 is 0. The molecule has 2 aromatic carbocycles. The molecule has 0 fully saturated rings. The molecule has 0 amide bonds. The van der Waals surface area contributed by atoms with Gasteiger partial charge in [-0.05, 0) is 73.7 Å².